The quantitative estimate of drug-likeness (QED) is 0.0508. The van der Waals surface area contributed by atoms with E-state index in [9.17, 15) is 43.5 Å². The zero-order valence-corrected chi connectivity index (χ0v) is 35.2. The van der Waals surface area contributed by atoms with E-state index in [4.69, 9.17) is 11.5 Å². The number of hydrogen-bond acceptors (Lipinski definition) is 10. The number of rotatable bonds is 13. The number of phenolic OH excluding ortho intramolecular Hbond substituents is 1. The number of nitrogens with one attached hydrogen (secondary N) is 6. The first-order valence-electron chi connectivity index (χ1n) is 20.7. The maximum atomic E-state index is 14.3. The van der Waals surface area contributed by atoms with Crippen molar-refractivity contribution >= 4 is 53.1 Å². The van der Waals surface area contributed by atoms with E-state index in [-0.39, 0.29) is 56.9 Å². The Labute approximate surface area is 360 Å². The molecule has 19 nitrogen and oxygen atoms in total. The summed E-state index contributed by atoms with van der Waals surface area (Å²) in [5.74, 6) is -6.81. The highest BCUT2D eigenvalue weighted by atomic mass is 16.3. The summed E-state index contributed by atoms with van der Waals surface area (Å²) in [5, 5.41) is 25.7. The molecule has 2 aromatic carbocycles. The van der Waals surface area contributed by atoms with Crippen LogP contribution in [0.25, 0.3) is 0 Å². The molecule has 2 aliphatic rings. The minimum atomic E-state index is -1.42. The molecule has 7 amide bonds. The molecule has 0 spiro atoms. The second-order valence-corrected chi connectivity index (χ2v) is 15.5. The Morgan fingerprint density at radius 1 is 0.935 bits per heavy atom. The molecule has 0 aliphatic carbocycles. The number of guanidine groups is 1. The molecule has 1 fully saturated rings. The number of benzene rings is 2. The zero-order valence-electron chi connectivity index (χ0n) is 35.2. The second-order valence-electron chi connectivity index (χ2n) is 15.5. The molecule has 0 bridgehead atoms. The van der Waals surface area contributed by atoms with Crippen LogP contribution in [0.5, 0.6) is 5.75 Å². The number of nitrogens with two attached hydrogens (primary N) is 2. The minimum absolute atomic E-state index is 0.000294. The largest absolute Gasteiger partial charge is 0.508 e. The Kier molecular flexibility index (Phi) is 18.0. The maximum absolute atomic E-state index is 14.3. The van der Waals surface area contributed by atoms with Gasteiger partial charge in [0.2, 0.25) is 41.2 Å². The van der Waals surface area contributed by atoms with Crippen LogP contribution in [0.4, 0.5) is 0 Å². The fourth-order valence-electron chi connectivity index (χ4n) is 7.04. The summed E-state index contributed by atoms with van der Waals surface area (Å²) in [6.07, 6.45) is 3.78. The second kappa shape index (κ2) is 23.3. The predicted octanol–water partition coefficient (Wildman–Crippen LogP) is -1.03. The molecule has 2 aromatic rings. The maximum Gasteiger partial charge on any atom is 0.290 e. The topological polar surface area (TPSA) is 297 Å². The van der Waals surface area contributed by atoms with Crippen molar-refractivity contribution in [2.45, 2.75) is 102 Å². The SMILES string of the molecule is CC[C@H](C)[C@H]1NC(=O)C(=O)[C@H](CCCN=C(N)N)NC(=O)[C@@H]2CCCN2C(=O)[C@@H](NC(=O)[C@H](C)NC(=O)Cc2ccccc2)CNC(=O)C=C[C@H](Cc2ccc(O)cc2)NC1=O. The van der Waals surface area contributed by atoms with E-state index in [0.29, 0.717) is 18.4 Å². The Balaban J connectivity index is 1.68. The molecule has 7 atom stereocenters. The van der Waals surface area contributed by atoms with E-state index < -0.39 is 95.8 Å². The minimum Gasteiger partial charge on any atom is -0.508 e. The lowest BCUT2D eigenvalue weighted by Gasteiger charge is -2.30. The van der Waals surface area contributed by atoms with E-state index >= 15 is 0 Å². The molecule has 1 saturated heterocycles. The predicted molar refractivity (Wildman–Crippen MR) is 229 cm³/mol. The van der Waals surface area contributed by atoms with Crippen molar-refractivity contribution in [3.63, 3.8) is 0 Å². The van der Waals surface area contributed by atoms with Gasteiger partial charge in [-0.3, -0.25) is 43.3 Å². The van der Waals surface area contributed by atoms with Crippen molar-refractivity contribution in [1.29, 1.82) is 0 Å². The smallest absolute Gasteiger partial charge is 0.290 e. The first-order valence-corrected chi connectivity index (χ1v) is 20.7. The molecule has 0 aromatic heterocycles. The average molecular weight is 859 g/mol. The molecule has 4 rings (SSSR count). The molecule has 0 unspecified atom stereocenters. The van der Waals surface area contributed by atoms with E-state index in [1.54, 1.807) is 56.3 Å². The molecule has 19 heteroatoms. The van der Waals surface area contributed by atoms with Gasteiger partial charge in [-0.15, -0.1) is 0 Å². The van der Waals surface area contributed by atoms with Crippen LogP contribution >= 0.6 is 0 Å². The molecular formula is C43H58N10O9. The Morgan fingerprint density at radius 2 is 1.65 bits per heavy atom. The highest BCUT2D eigenvalue weighted by Crippen LogP contribution is 2.20. The average Bonchev–Trinajstić information content (AvgIpc) is 3.74. The van der Waals surface area contributed by atoms with Gasteiger partial charge in [-0.25, -0.2) is 0 Å². The van der Waals surface area contributed by atoms with Gasteiger partial charge in [-0.1, -0.05) is 68.8 Å². The molecule has 334 valence electrons. The van der Waals surface area contributed by atoms with Crippen molar-refractivity contribution in [2.24, 2.45) is 22.4 Å². The Bertz CT molecular complexity index is 1990. The number of hydrogen-bond donors (Lipinski definition) is 9. The van der Waals surface area contributed by atoms with Gasteiger partial charge in [0.15, 0.2) is 5.96 Å². The molecule has 2 heterocycles. The zero-order chi connectivity index (χ0) is 45.3. The lowest BCUT2D eigenvalue weighted by molar-refractivity contribution is -0.144. The van der Waals surface area contributed by atoms with Crippen LogP contribution in [0, 0.1) is 5.92 Å². The molecule has 62 heavy (non-hydrogen) atoms. The van der Waals surface area contributed by atoms with Crippen LogP contribution in [-0.2, 0) is 51.2 Å². The molecule has 2 aliphatic heterocycles. The number of amides is 7. The lowest BCUT2D eigenvalue weighted by atomic mass is 9.96. The molecule has 0 radical (unpaired) electrons. The summed E-state index contributed by atoms with van der Waals surface area (Å²) < 4.78 is 0. The van der Waals surface area contributed by atoms with Gasteiger partial charge in [0.25, 0.3) is 5.91 Å². The van der Waals surface area contributed by atoms with Crippen LogP contribution in [0.15, 0.2) is 71.7 Å². The van der Waals surface area contributed by atoms with Crippen molar-refractivity contribution in [3.05, 3.63) is 77.9 Å². The number of phenols is 1. The van der Waals surface area contributed by atoms with Gasteiger partial charge in [0.1, 0.15) is 29.9 Å². The third-order valence-electron chi connectivity index (χ3n) is 10.7. The fraction of sp³-hybridized carbons (Fsp3) is 0.465. The van der Waals surface area contributed by atoms with Crippen molar-refractivity contribution in [3.8, 4) is 5.75 Å². The normalized spacial score (nSPS) is 22.6. The first-order chi connectivity index (χ1) is 29.6. The van der Waals surface area contributed by atoms with Gasteiger partial charge in [0.05, 0.1) is 18.5 Å². The van der Waals surface area contributed by atoms with Crippen molar-refractivity contribution in [2.75, 3.05) is 19.6 Å². The van der Waals surface area contributed by atoms with E-state index in [1.165, 1.54) is 30.0 Å². The third-order valence-corrected chi connectivity index (χ3v) is 10.7. The van der Waals surface area contributed by atoms with Crippen LogP contribution < -0.4 is 43.4 Å². The van der Waals surface area contributed by atoms with E-state index in [2.05, 4.69) is 36.9 Å². The summed E-state index contributed by atoms with van der Waals surface area (Å²) in [6.45, 7) is 4.69. The Hall–Kier alpha value is -6.79. The van der Waals surface area contributed by atoms with Gasteiger partial charge in [0, 0.05) is 25.7 Å². The van der Waals surface area contributed by atoms with E-state index in [1.807, 2.05) is 0 Å². The summed E-state index contributed by atoms with van der Waals surface area (Å²) >= 11 is 0. The number of carbonyl (C=O) groups is 8. The molecule has 11 N–H and O–H groups in total. The first kappa shape index (κ1) is 47.9. The van der Waals surface area contributed by atoms with Gasteiger partial charge >= 0.3 is 0 Å². The fourth-order valence-corrected chi connectivity index (χ4v) is 7.04. The molecular weight excluding hydrogens is 801 g/mol. The van der Waals surface area contributed by atoms with Crippen molar-refractivity contribution in [1.82, 2.24) is 36.8 Å². The highest BCUT2D eigenvalue weighted by molar-refractivity contribution is 6.38. The number of fused-ring (bicyclic) bond motifs is 1. The van der Waals surface area contributed by atoms with Gasteiger partial charge in [-0.2, -0.15) is 0 Å². The standard InChI is InChI=1S/C43H58N10O9/c1-4-25(2)36-40(60)49-29(22-28-14-17-30(54)18-15-28)16-19-34(55)47-24-32(51-38(58)26(3)48-35(56)23-27-10-6-5-7-11-27)42(62)53-21-9-13-33(53)39(59)50-31(37(57)41(61)52-36)12-8-20-46-43(44)45/h5-7,10-11,14-19,25-26,29,31-33,36,54H,4,8-9,12-13,20-24H2,1-3H3,(H,47,55)(H,48,56)(H,49,60)(H,50,59)(H,51,58)(H,52,61)(H4,44,45,46)/t25-,26-,29+,31-,32-,33-,36+/m0/s1. The van der Waals surface area contributed by atoms with Crippen LogP contribution in [0.2, 0.25) is 0 Å². The number of aromatic hydroxyl groups is 1. The monoisotopic (exact) mass is 858 g/mol. The molecule has 0 saturated carbocycles. The number of aliphatic imine (C=N–C) groups is 1. The summed E-state index contributed by atoms with van der Waals surface area (Å²) in [5.41, 5.74) is 12.3. The Morgan fingerprint density at radius 3 is 2.32 bits per heavy atom. The summed E-state index contributed by atoms with van der Waals surface area (Å²) in [4.78, 5) is 115. The number of carbonyl (C=O) groups excluding carboxylic acids is 8. The van der Waals surface area contributed by atoms with Crippen LogP contribution in [0.3, 0.4) is 0 Å². The van der Waals surface area contributed by atoms with Crippen LogP contribution in [-0.4, -0.2) is 119 Å². The van der Waals surface area contributed by atoms with Gasteiger partial charge in [-0.05, 0) is 68.2 Å². The van der Waals surface area contributed by atoms with Gasteiger partial charge < -0.3 is 53.4 Å². The van der Waals surface area contributed by atoms with Crippen molar-refractivity contribution < 1.29 is 43.5 Å². The summed E-state index contributed by atoms with van der Waals surface area (Å²) in [6, 6.07) is 7.95. The third kappa shape index (κ3) is 14.4. The number of nitrogens with zero attached hydrogens (tertiary/aromatic N) is 2. The lowest BCUT2D eigenvalue weighted by Crippen LogP contribution is -2.60. The number of Topliss-reactive ketones (excluding diaryl/α,β-unsaturated/α-hetero) is 1. The number of ketones is 1. The van der Waals surface area contributed by atoms with Crippen LogP contribution in [0.1, 0.15) is 64.0 Å². The summed E-state index contributed by atoms with van der Waals surface area (Å²) in [7, 11) is 0. The highest BCUT2D eigenvalue weighted by Gasteiger charge is 2.40. The van der Waals surface area contributed by atoms with E-state index in [0.717, 1.165) is 11.6 Å².